The molecular formula is C17H24N2O2. The van der Waals surface area contributed by atoms with Gasteiger partial charge in [0.15, 0.2) is 0 Å². The first-order chi connectivity index (χ1) is 10.0. The molecule has 1 aromatic carbocycles. The van der Waals surface area contributed by atoms with Crippen molar-refractivity contribution in [1.82, 2.24) is 0 Å². The van der Waals surface area contributed by atoms with Crippen LogP contribution in [0.2, 0.25) is 0 Å². The monoisotopic (exact) mass is 288 g/mol. The second kappa shape index (κ2) is 5.58. The Bertz CT molecular complexity index is 534. The number of primary amides is 1. The molecule has 0 aromatic heterocycles. The molecule has 114 valence electrons. The standard InChI is InChI=1S/C17H24N2O2/c1-17(21-16(18)20)9-7-14(8-10-17)19-15-6-5-12-3-2-4-13(12)11-15/h5-6,11,14,19H,2-4,7-10H2,1H3,(H2,18,20). The fourth-order valence-corrected chi connectivity index (χ4v) is 3.62. The molecule has 4 heteroatoms. The summed E-state index contributed by atoms with van der Waals surface area (Å²) < 4.78 is 5.25. The summed E-state index contributed by atoms with van der Waals surface area (Å²) in [5, 5.41) is 3.63. The maximum atomic E-state index is 10.9. The van der Waals surface area contributed by atoms with Crippen LogP contribution in [0.5, 0.6) is 0 Å². The Kier molecular flexibility index (Phi) is 3.79. The molecule has 0 aliphatic heterocycles. The van der Waals surface area contributed by atoms with E-state index in [1.165, 1.54) is 36.1 Å². The molecule has 1 aromatic rings. The van der Waals surface area contributed by atoms with Crippen LogP contribution in [0.4, 0.5) is 10.5 Å². The quantitative estimate of drug-likeness (QED) is 0.896. The molecular weight excluding hydrogens is 264 g/mol. The third-order valence-corrected chi connectivity index (χ3v) is 4.86. The Morgan fingerprint density at radius 2 is 2.00 bits per heavy atom. The van der Waals surface area contributed by atoms with Gasteiger partial charge in [-0.1, -0.05) is 6.07 Å². The van der Waals surface area contributed by atoms with E-state index in [0.717, 1.165) is 25.7 Å². The van der Waals surface area contributed by atoms with Crippen LogP contribution in [0.1, 0.15) is 50.2 Å². The van der Waals surface area contributed by atoms with Crippen molar-refractivity contribution in [2.24, 2.45) is 5.73 Å². The van der Waals surface area contributed by atoms with Gasteiger partial charge in [0.05, 0.1) is 0 Å². The highest BCUT2D eigenvalue weighted by Gasteiger charge is 2.34. The largest absolute Gasteiger partial charge is 0.443 e. The second-order valence-electron chi connectivity index (χ2n) is 6.63. The number of nitrogens with two attached hydrogens (primary N) is 1. The minimum Gasteiger partial charge on any atom is -0.443 e. The molecule has 0 bridgehead atoms. The van der Waals surface area contributed by atoms with E-state index in [-0.39, 0.29) is 5.60 Å². The molecule has 2 aliphatic carbocycles. The first-order valence-electron chi connectivity index (χ1n) is 7.91. The number of rotatable bonds is 3. The zero-order chi connectivity index (χ0) is 14.9. The molecule has 3 rings (SSSR count). The van der Waals surface area contributed by atoms with Gasteiger partial charge in [0.2, 0.25) is 0 Å². The highest BCUT2D eigenvalue weighted by molar-refractivity contribution is 5.65. The highest BCUT2D eigenvalue weighted by Crippen LogP contribution is 2.33. The van der Waals surface area contributed by atoms with Crippen LogP contribution in [-0.4, -0.2) is 17.7 Å². The smallest absolute Gasteiger partial charge is 0.405 e. The number of amides is 1. The number of hydrogen-bond donors (Lipinski definition) is 2. The number of anilines is 1. The molecule has 0 spiro atoms. The molecule has 21 heavy (non-hydrogen) atoms. The lowest BCUT2D eigenvalue weighted by Gasteiger charge is -2.36. The number of aryl methyl sites for hydroxylation is 2. The van der Waals surface area contributed by atoms with Gasteiger partial charge in [-0.05, 0) is 75.1 Å². The van der Waals surface area contributed by atoms with Crippen molar-refractivity contribution in [2.45, 2.75) is 63.5 Å². The number of carbonyl (C=O) groups excluding carboxylic acids is 1. The van der Waals surface area contributed by atoms with E-state index < -0.39 is 6.09 Å². The van der Waals surface area contributed by atoms with Gasteiger partial charge < -0.3 is 15.8 Å². The van der Waals surface area contributed by atoms with Crippen LogP contribution in [0, 0.1) is 0 Å². The maximum absolute atomic E-state index is 10.9. The summed E-state index contributed by atoms with van der Waals surface area (Å²) in [7, 11) is 0. The van der Waals surface area contributed by atoms with Gasteiger partial charge in [0.25, 0.3) is 0 Å². The topological polar surface area (TPSA) is 64.3 Å². The molecule has 3 N–H and O–H groups in total. The van der Waals surface area contributed by atoms with Crippen LogP contribution in [0.15, 0.2) is 18.2 Å². The summed E-state index contributed by atoms with van der Waals surface area (Å²) in [5.41, 5.74) is 8.98. The van der Waals surface area contributed by atoms with E-state index in [4.69, 9.17) is 10.5 Å². The van der Waals surface area contributed by atoms with Crippen molar-refractivity contribution < 1.29 is 9.53 Å². The van der Waals surface area contributed by atoms with E-state index in [2.05, 4.69) is 23.5 Å². The van der Waals surface area contributed by atoms with Gasteiger partial charge >= 0.3 is 6.09 Å². The third-order valence-electron chi connectivity index (χ3n) is 4.86. The first-order valence-corrected chi connectivity index (χ1v) is 7.91. The number of fused-ring (bicyclic) bond motifs is 1. The van der Waals surface area contributed by atoms with Crippen molar-refractivity contribution in [2.75, 3.05) is 5.32 Å². The summed E-state index contributed by atoms with van der Waals surface area (Å²) in [4.78, 5) is 10.9. The number of hydrogen-bond acceptors (Lipinski definition) is 3. The van der Waals surface area contributed by atoms with E-state index >= 15 is 0 Å². The van der Waals surface area contributed by atoms with Crippen LogP contribution in [0.3, 0.4) is 0 Å². The molecule has 0 unspecified atom stereocenters. The molecule has 1 fully saturated rings. The number of nitrogens with one attached hydrogen (secondary N) is 1. The minimum absolute atomic E-state index is 0.387. The third kappa shape index (κ3) is 3.31. The van der Waals surface area contributed by atoms with Crippen molar-refractivity contribution in [3.8, 4) is 0 Å². The Morgan fingerprint density at radius 3 is 2.71 bits per heavy atom. The van der Waals surface area contributed by atoms with Crippen LogP contribution in [0.25, 0.3) is 0 Å². The Hall–Kier alpha value is -1.71. The summed E-state index contributed by atoms with van der Waals surface area (Å²) in [6.45, 7) is 1.98. The Labute approximate surface area is 126 Å². The molecule has 0 saturated heterocycles. The number of carbonyl (C=O) groups is 1. The summed E-state index contributed by atoms with van der Waals surface area (Å²) in [6, 6.07) is 7.20. The van der Waals surface area contributed by atoms with Gasteiger partial charge in [-0.15, -0.1) is 0 Å². The van der Waals surface area contributed by atoms with Crippen LogP contribution in [-0.2, 0) is 17.6 Å². The summed E-state index contributed by atoms with van der Waals surface area (Å²) in [6.07, 6.45) is 6.77. The van der Waals surface area contributed by atoms with Gasteiger partial charge in [-0.25, -0.2) is 4.79 Å². The lowest BCUT2D eigenvalue weighted by atomic mass is 9.83. The minimum atomic E-state index is -0.664. The van der Waals surface area contributed by atoms with Crippen molar-refractivity contribution in [3.05, 3.63) is 29.3 Å². The average Bonchev–Trinajstić information content (AvgIpc) is 2.88. The molecule has 2 aliphatic rings. The van der Waals surface area contributed by atoms with Crippen molar-refractivity contribution >= 4 is 11.8 Å². The van der Waals surface area contributed by atoms with Gasteiger partial charge in [-0.2, -0.15) is 0 Å². The summed E-state index contributed by atoms with van der Waals surface area (Å²) >= 11 is 0. The van der Waals surface area contributed by atoms with Crippen molar-refractivity contribution in [3.63, 3.8) is 0 Å². The fraction of sp³-hybridized carbons (Fsp3) is 0.588. The number of ether oxygens (including phenoxy) is 1. The lowest BCUT2D eigenvalue weighted by Crippen LogP contribution is -2.40. The normalized spacial score (nSPS) is 28.0. The van der Waals surface area contributed by atoms with E-state index in [1.54, 1.807) is 0 Å². The molecule has 4 nitrogen and oxygen atoms in total. The first kappa shape index (κ1) is 14.2. The fourth-order valence-electron chi connectivity index (χ4n) is 3.62. The summed E-state index contributed by atoms with van der Waals surface area (Å²) in [5.74, 6) is 0. The molecule has 0 heterocycles. The maximum Gasteiger partial charge on any atom is 0.405 e. The molecule has 0 radical (unpaired) electrons. The second-order valence-corrected chi connectivity index (χ2v) is 6.63. The van der Waals surface area contributed by atoms with Gasteiger partial charge in [0.1, 0.15) is 5.60 Å². The Morgan fingerprint density at radius 1 is 1.29 bits per heavy atom. The zero-order valence-electron chi connectivity index (χ0n) is 12.7. The predicted molar refractivity (Wildman–Crippen MR) is 83.4 cm³/mol. The van der Waals surface area contributed by atoms with Gasteiger partial charge in [0, 0.05) is 11.7 Å². The Balaban J connectivity index is 1.57. The molecule has 1 amide bonds. The van der Waals surface area contributed by atoms with Gasteiger partial charge in [-0.3, -0.25) is 0 Å². The van der Waals surface area contributed by atoms with E-state index in [1.807, 2.05) is 6.92 Å². The number of benzene rings is 1. The van der Waals surface area contributed by atoms with Crippen LogP contribution >= 0.6 is 0 Å². The van der Waals surface area contributed by atoms with E-state index in [0.29, 0.717) is 6.04 Å². The average molecular weight is 288 g/mol. The zero-order valence-corrected chi connectivity index (χ0v) is 12.7. The highest BCUT2D eigenvalue weighted by atomic mass is 16.6. The molecule has 1 saturated carbocycles. The van der Waals surface area contributed by atoms with Crippen molar-refractivity contribution in [1.29, 1.82) is 0 Å². The lowest BCUT2D eigenvalue weighted by molar-refractivity contribution is 0.000853. The molecule has 0 atom stereocenters. The predicted octanol–water partition coefficient (Wildman–Crippen LogP) is 3.38. The SMILES string of the molecule is CC1(OC(N)=O)CCC(Nc2ccc3c(c2)CCC3)CC1. The van der Waals surface area contributed by atoms with Crippen LogP contribution < -0.4 is 11.1 Å². The van der Waals surface area contributed by atoms with E-state index in [9.17, 15) is 4.79 Å².